The lowest BCUT2D eigenvalue weighted by atomic mass is 10.0. The van der Waals surface area contributed by atoms with Crippen LogP contribution in [0.2, 0.25) is 0 Å². The highest BCUT2D eigenvalue weighted by Gasteiger charge is 2.42. The minimum Gasteiger partial charge on any atom is -0.464 e. The summed E-state index contributed by atoms with van der Waals surface area (Å²) in [5.41, 5.74) is 1.54. The lowest BCUT2D eigenvalue weighted by Crippen LogP contribution is -2.60. The van der Waals surface area contributed by atoms with Crippen LogP contribution in [0.3, 0.4) is 0 Å². The molecular weight excluding hydrogens is 304 g/mol. The van der Waals surface area contributed by atoms with Crippen molar-refractivity contribution in [2.75, 3.05) is 13.1 Å². The number of rotatable bonds is 2. The van der Waals surface area contributed by atoms with Crippen LogP contribution in [-0.2, 0) is 4.79 Å². The third-order valence-electron chi connectivity index (χ3n) is 5.09. The number of nitrogens with zero attached hydrogens (tertiary/aromatic N) is 2. The van der Waals surface area contributed by atoms with Crippen LogP contribution in [0, 0.1) is 0 Å². The molecule has 2 fully saturated rings. The highest BCUT2D eigenvalue weighted by Crippen LogP contribution is 2.27. The first kappa shape index (κ1) is 15.0. The van der Waals surface area contributed by atoms with Gasteiger partial charge in [0.1, 0.15) is 11.8 Å². The number of carbonyl (C=O) groups is 2. The van der Waals surface area contributed by atoms with Gasteiger partial charge in [-0.2, -0.15) is 0 Å². The summed E-state index contributed by atoms with van der Waals surface area (Å²) in [7, 11) is 0. The molecule has 1 aromatic heterocycles. The van der Waals surface area contributed by atoms with Crippen molar-refractivity contribution in [3.05, 3.63) is 48.2 Å². The zero-order chi connectivity index (χ0) is 16.7. The Bertz CT molecular complexity index is 751. The van der Waals surface area contributed by atoms with Crippen molar-refractivity contribution >= 4 is 11.8 Å². The second-order valence-electron chi connectivity index (χ2n) is 6.52. The molecule has 0 aliphatic carbocycles. The standard InChI is InChI=1S/C19H20N2O3/c1-13-18(22)20-10-2-4-16(20)12-21(13)19(23)15-8-6-14(7-9-15)17-5-3-11-24-17/h3,5-9,11,13,16H,2,4,10,12H2,1H3/t13-,16-/m1/s1. The summed E-state index contributed by atoms with van der Waals surface area (Å²) in [6.45, 7) is 3.28. The van der Waals surface area contributed by atoms with Crippen LogP contribution in [-0.4, -0.2) is 46.8 Å². The van der Waals surface area contributed by atoms with E-state index in [1.54, 1.807) is 23.3 Å². The Balaban J connectivity index is 1.55. The normalized spacial score (nSPS) is 23.5. The Morgan fingerprint density at radius 2 is 2.00 bits per heavy atom. The first-order chi connectivity index (χ1) is 11.6. The zero-order valence-corrected chi connectivity index (χ0v) is 13.6. The molecule has 0 bridgehead atoms. The van der Waals surface area contributed by atoms with E-state index in [1.165, 1.54) is 0 Å². The fourth-order valence-corrected chi connectivity index (χ4v) is 3.72. The molecule has 2 atom stereocenters. The van der Waals surface area contributed by atoms with Gasteiger partial charge in [0.25, 0.3) is 5.91 Å². The molecule has 5 heteroatoms. The summed E-state index contributed by atoms with van der Waals surface area (Å²) >= 11 is 0. The minimum absolute atomic E-state index is 0.0734. The summed E-state index contributed by atoms with van der Waals surface area (Å²) in [6.07, 6.45) is 3.64. The van der Waals surface area contributed by atoms with Crippen LogP contribution >= 0.6 is 0 Å². The quantitative estimate of drug-likeness (QED) is 0.853. The van der Waals surface area contributed by atoms with Gasteiger partial charge in [0, 0.05) is 30.3 Å². The average molecular weight is 324 g/mol. The van der Waals surface area contributed by atoms with Crippen LogP contribution in [0.4, 0.5) is 0 Å². The molecule has 0 radical (unpaired) electrons. The van der Waals surface area contributed by atoms with Gasteiger partial charge in [0.05, 0.1) is 6.26 Å². The Labute approximate surface area is 140 Å². The van der Waals surface area contributed by atoms with Crippen LogP contribution in [0.15, 0.2) is 47.1 Å². The van der Waals surface area contributed by atoms with Crippen molar-refractivity contribution in [2.45, 2.75) is 31.8 Å². The molecule has 24 heavy (non-hydrogen) atoms. The summed E-state index contributed by atoms with van der Waals surface area (Å²) in [4.78, 5) is 29.0. The molecule has 2 aliphatic heterocycles. The van der Waals surface area contributed by atoms with Crippen LogP contribution < -0.4 is 0 Å². The van der Waals surface area contributed by atoms with Gasteiger partial charge in [-0.05, 0) is 44.0 Å². The maximum atomic E-state index is 12.9. The number of piperazine rings is 1. The van der Waals surface area contributed by atoms with Gasteiger partial charge in [-0.25, -0.2) is 0 Å². The smallest absolute Gasteiger partial charge is 0.254 e. The molecule has 124 valence electrons. The molecule has 2 amide bonds. The maximum Gasteiger partial charge on any atom is 0.254 e. The largest absolute Gasteiger partial charge is 0.464 e. The van der Waals surface area contributed by atoms with Gasteiger partial charge in [-0.1, -0.05) is 12.1 Å². The first-order valence-corrected chi connectivity index (χ1v) is 8.40. The number of furan rings is 1. The third-order valence-corrected chi connectivity index (χ3v) is 5.09. The summed E-state index contributed by atoms with van der Waals surface area (Å²) in [6, 6.07) is 10.9. The average Bonchev–Trinajstić information content (AvgIpc) is 3.29. The summed E-state index contributed by atoms with van der Waals surface area (Å²) < 4.78 is 5.37. The van der Waals surface area contributed by atoms with Gasteiger partial charge in [-0.3, -0.25) is 9.59 Å². The van der Waals surface area contributed by atoms with Crippen molar-refractivity contribution in [1.29, 1.82) is 0 Å². The van der Waals surface area contributed by atoms with E-state index in [1.807, 2.05) is 36.1 Å². The van der Waals surface area contributed by atoms with Crippen molar-refractivity contribution in [2.24, 2.45) is 0 Å². The van der Waals surface area contributed by atoms with E-state index < -0.39 is 6.04 Å². The number of amides is 2. The fraction of sp³-hybridized carbons (Fsp3) is 0.368. The predicted octanol–water partition coefficient (Wildman–Crippen LogP) is 2.78. The highest BCUT2D eigenvalue weighted by atomic mass is 16.3. The number of hydrogen-bond acceptors (Lipinski definition) is 3. The fourth-order valence-electron chi connectivity index (χ4n) is 3.72. The number of carbonyl (C=O) groups excluding carboxylic acids is 2. The molecule has 3 heterocycles. The minimum atomic E-state index is -0.392. The molecule has 2 saturated heterocycles. The monoisotopic (exact) mass is 324 g/mol. The second-order valence-corrected chi connectivity index (χ2v) is 6.52. The maximum absolute atomic E-state index is 12.9. The van der Waals surface area contributed by atoms with Gasteiger partial charge in [-0.15, -0.1) is 0 Å². The third kappa shape index (κ3) is 2.40. The topological polar surface area (TPSA) is 53.8 Å². The number of benzene rings is 1. The van der Waals surface area contributed by atoms with Gasteiger partial charge < -0.3 is 14.2 Å². The van der Waals surface area contributed by atoms with Crippen LogP contribution in [0.5, 0.6) is 0 Å². The number of fused-ring (bicyclic) bond motifs is 1. The molecule has 0 unspecified atom stereocenters. The molecule has 2 aromatic rings. The Morgan fingerprint density at radius 3 is 2.71 bits per heavy atom. The van der Waals surface area contributed by atoms with Gasteiger partial charge in [0.15, 0.2) is 0 Å². The van der Waals surface area contributed by atoms with Gasteiger partial charge in [0.2, 0.25) is 5.91 Å². The summed E-state index contributed by atoms with van der Waals surface area (Å²) in [5.74, 6) is 0.773. The first-order valence-electron chi connectivity index (χ1n) is 8.40. The van der Waals surface area contributed by atoms with E-state index >= 15 is 0 Å². The van der Waals surface area contributed by atoms with Crippen LogP contribution in [0.1, 0.15) is 30.1 Å². The zero-order valence-electron chi connectivity index (χ0n) is 13.6. The van der Waals surface area contributed by atoms with Crippen molar-refractivity contribution in [1.82, 2.24) is 9.80 Å². The van der Waals surface area contributed by atoms with E-state index in [0.29, 0.717) is 12.1 Å². The van der Waals surface area contributed by atoms with E-state index in [9.17, 15) is 9.59 Å². The Hall–Kier alpha value is -2.56. The van der Waals surface area contributed by atoms with Crippen molar-refractivity contribution in [3.63, 3.8) is 0 Å². The molecule has 2 aliphatic rings. The molecule has 4 rings (SSSR count). The van der Waals surface area contributed by atoms with Crippen molar-refractivity contribution < 1.29 is 14.0 Å². The van der Waals surface area contributed by atoms with Gasteiger partial charge >= 0.3 is 0 Å². The van der Waals surface area contributed by atoms with Crippen molar-refractivity contribution in [3.8, 4) is 11.3 Å². The highest BCUT2D eigenvalue weighted by molar-refractivity contribution is 5.98. The molecular formula is C19H20N2O3. The Morgan fingerprint density at radius 1 is 1.21 bits per heavy atom. The van der Waals surface area contributed by atoms with E-state index in [2.05, 4.69) is 0 Å². The van der Waals surface area contributed by atoms with E-state index in [-0.39, 0.29) is 17.9 Å². The summed E-state index contributed by atoms with van der Waals surface area (Å²) in [5, 5.41) is 0. The lowest BCUT2D eigenvalue weighted by Gasteiger charge is -2.41. The molecule has 0 N–H and O–H groups in total. The Kier molecular flexibility index (Phi) is 3.63. The SMILES string of the molecule is C[C@@H]1C(=O)N2CCC[C@@H]2CN1C(=O)c1ccc(-c2ccco2)cc1. The van der Waals surface area contributed by atoms with Crippen LogP contribution in [0.25, 0.3) is 11.3 Å². The lowest BCUT2D eigenvalue weighted by molar-refractivity contribution is -0.141. The molecule has 5 nitrogen and oxygen atoms in total. The number of hydrogen-bond donors (Lipinski definition) is 0. The molecule has 1 aromatic carbocycles. The second kappa shape index (κ2) is 5.82. The predicted molar refractivity (Wildman–Crippen MR) is 89.4 cm³/mol. The van der Waals surface area contributed by atoms with E-state index in [0.717, 1.165) is 30.7 Å². The van der Waals surface area contributed by atoms with E-state index in [4.69, 9.17) is 4.42 Å². The molecule has 0 saturated carbocycles. The molecule has 0 spiro atoms.